The number of nitrogens with zero attached hydrogens (tertiary/aromatic N) is 1. The highest BCUT2D eigenvalue weighted by atomic mass is 16.5. The van der Waals surface area contributed by atoms with Gasteiger partial charge in [-0.05, 0) is 38.1 Å². The lowest BCUT2D eigenvalue weighted by atomic mass is 10.1. The van der Waals surface area contributed by atoms with Gasteiger partial charge in [-0.3, -0.25) is 5.10 Å². The van der Waals surface area contributed by atoms with E-state index in [4.69, 9.17) is 4.74 Å². The van der Waals surface area contributed by atoms with Gasteiger partial charge in [0.25, 0.3) is 0 Å². The molecule has 1 aromatic carbocycles. The molecule has 1 atom stereocenters. The molecule has 1 aromatic heterocycles. The zero-order valence-electron chi connectivity index (χ0n) is 11.2. The van der Waals surface area contributed by atoms with Crippen molar-refractivity contribution in [3.63, 3.8) is 0 Å². The minimum absolute atomic E-state index is 0.0384. The maximum Gasteiger partial charge on any atom is 0.124 e. The first kappa shape index (κ1) is 13.4. The number of benzene rings is 1. The molecule has 0 aliphatic heterocycles. The van der Waals surface area contributed by atoms with Crippen LogP contribution in [-0.4, -0.2) is 21.9 Å². The van der Waals surface area contributed by atoms with E-state index in [-0.39, 0.29) is 12.6 Å². The Morgan fingerprint density at radius 2 is 2.26 bits per heavy atom. The van der Waals surface area contributed by atoms with Crippen molar-refractivity contribution >= 4 is 5.69 Å². The number of hydrogen-bond donors (Lipinski definition) is 3. The van der Waals surface area contributed by atoms with Gasteiger partial charge < -0.3 is 15.2 Å². The van der Waals surface area contributed by atoms with E-state index < -0.39 is 0 Å². The minimum atomic E-state index is -0.0384. The van der Waals surface area contributed by atoms with Crippen LogP contribution in [0.1, 0.15) is 31.1 Å². The van der Waals surface area contributed by atoms with Gasteiger partial charge in [0.1, 0.15) is 5.75 Å². The second kappa shape index (κ2) is 6.24. The Morgan fingerprint density at radius 3 is 2.89 bits per heavy atom. The zero-order valence-corrected chi connectivity index (χ0v) is 11.2. The van der Waals surface area contributed by atoms with Gasteiger partial charge >= 0.3 is 0 Å². The van der Waals surface area contributed by atoms with Crippen molar-refractivity contribution in [1.29, 1.82) is 0 Å². The second-order valence-corrected chi connectivity index (χ2v) is 4.29. The Kier molecular flexibility index (Phi) is 4.41. The minimum Gasteiger partial charge on any atom is -0.494 e. The van der Waals surface area contributed by atoms with E-state index in [0.717, 1.165) is 22.7 Å². The SMILES string of the molecule is CCOc1ccc(NC(C)c2ccn[nH]2)cc1CO. The van der Waals surface area contributed by atoms with Crippen LogP contribution in [0, 0.1) is 0 Å². The molecule has 0 aliphatic rings. The Labute approximate surface area is 112 Å². The monoisotopic (exact) mass is 261 g/mol. The van der Waals surface area contributed by atoms with E-state index >= 15 is 0 Å². The summed E-state index contributed by atoms with van der Waals surface area (Å²) in [5.41, 5.74) is 2.73. The molecule has 0 amide bonds. The van der Waals surface area contributed by atoms with Gasteiger partial charge in [-0.25, -0.2) is 0 Å². The number of aromatic amines is 1. The summed E-state index contributed by atoms with van der Waals surface area (Å²) in [6, 6.07) is 7.76. The Morgan fingerprint density at radius 1 is 1.42 bits per heavy atom. The highest BCUT2D eigenvalue weighted by Crippen LogP contribution is 2.25. The maximum absolute atomic E-state index is 9.36. The number of anilines is 1. The van der Waals surface area contributed by atoms with Gasteiger partial charge in [-0.1, -0.05) is 0 Å². The average Bonchev–Trinajstić information content (AvgIpc) is 2.94. The van der Waals surface area contributed by atoms with Crippen LogP contribution in [0.5, 0.6) is 5.75 Å². The number of ether oxygens (including phenoxy) is 1. The lowest BCUT2D eigenvalue weighted by Crippen LogP contribution is -2.08. The molecule has 0 saturated carbocycles. The van der Waals surface area contributed by atoms with E-state index in [0.29, 0.717) is 6.61 Å². The van der Waals surface area contributed by atoms with Crippen LogP contribution in [0.3, 0.4) is 0 Å². The van der Waals surface area contributed by atoms with Crippen LogP contribution in [0.2, 0.25) is 0 Å². The van der Waals surface area contributed by atoms with Crippen LogP contribution in [0.25, 0.3) is 0 Å². The highest BCUT2D eigenvalue weighted by Gasteiger charge is 2.09. The number of rotatable bonds is 6. The molecule has 2 rings (SSSR count). The van der Waals surface area contributed by atoms with E-state index in [1.807, 2.05) is 38.1 Å². The molecular weight excluding hydrogens is 242 g/mol. The quantitative estimate of drug-likeness (QED) is 0.747. The van der Waals surface area contributed by atoms with Crippen molar-refractivity contribution in [2.45, 2.75) is 26.5 Å². The third kappa shape index (κ3) is 3.26. The fraction of sp³-hybridized carbons (Fsp3) is 0.357. The van der Waals surface area contributed by atoms with Gasteiger partial charge in [-0.2, -0.15) is 5.10 Å². The van der Waals surface area contributed by atoms with Crippen molar-refractivity contribution in [3.05, 3.63) is 41.7 Å². The van der Waals surface area contributed by atoms with Crippen molar-refractivity contribution in [2.75, 3.05) is 11.9 Å². The number of aliphatic hydroxyl groups is 1. The Hall–Kier alpha value is -2.01. The fourth-order valence-electron chi connectivity index (χ4n) is 1.92. The van der Waals surface area contributed by atoms with Gasteiger partial charge in [0.15, 0.2) is 0 Å². The smallest absolute Gasteiger partial charge is 0.124 e. The van der Waals surface area contributed by atoms with E-state index in [9.17, 15) is 5.11 Å². The average molecular weight is 261 g/mol. The molecule has 3 N–H and O–H groups in total. The highest BCUT2D eigenvalue weighted by molar-refractivity contribution is 5.52. The van der Waals surface area contributed by atoms with Crippen molar-refractivity contribution < 1.29 is 9.84 Å². The lowest BCUT2D eigenvalue weighted by Gasteiger charge is -2.16. The molecule has 0 saturated heterocycles. The first-order chi connectivity index (χ1) is 9.24. The lowest BCUT2D eigenvalue weighted by molar-refractivity contribution is 0.267. The summed E-state index contributed by atoms with van der Waals surface area (Å²) in [5.74, 6) is 0.727. The number of H-pyrrole nitrogens is 1. The van der Waals surface area contributed by atoms with Gasteiger partial charge in [0.05, 0.1) is 24.9 Å². The van der Waals surface area contributed by atoms with Crippen molar-refractivity contribution in [2.24, 2.45) is 0 Å². The molecule has 0 fully saturated rings. The predicted octanol–water partition coefficient (Wildman–Crippen LogP) is 2.47. The topological polar surface area (TPSA) is 70.2 Å². The molecular formula is C14H19N3O2. The molecule has 0 spiro atoms. The van der Waals surface area contributed by atoms with Crippen LogP contribution in [-0.2, 0) is 6.61 Å². The van der Waals surface area contributed by atoms with Gasteiger partial charge in [-0.15, -0.1) is 0 Å². The first-order valence-electron chi connectivity index (χ1n) is 6.37. The molecule has 1 unspecified atom stereocenters. The molecule has 19 heavy (non-hydrogen) atoms. The Bertz CT molecular complexity index is 511. The number of aliphatic hydroxyl groups excluding tert-OH is 1. The summed E-state index contributed by atoms with van der Waals surface area (Å²) < 4.78 is 5.46. The van der Waals surface area contributed by atoms with Crippen LogP contribution in [0.4, 0.5) is 5.69 Å². The summed E-state index contributed by atoms with van der Waals surface area (Å²) >= 11 is 0. The molecule has 1 heterocycles. The number of aromatic nitrogens is 2. The first-order valence-corrected chi connectivity index (χ1v) is 6.37. The van der Waals surface area contributed by atoms with E-state index in [1.165, 1.54) is 0 Å². The standard InChI is InChI=1S/C14H19N3O2/c1-3-19-14-5-4-12(8-11(14)9-18)16-10(2)13-6-7-15-17-13/h4-8,10,16,18H,3,9H2,1-2H3,(H,15,17). The van der Waals surface area contributed by atoms with E-state index in [2.05, 4.69) is 15.5 Å². The van der Waals surface area contributed by atoms with Crippen molar-refractivity contribution in [1.82, 2.24) is 10.2 Å². The van der Waals surface area contributed by atoms with Crippen molar-refractivity contribution in [3.8, 4) is 5.75 Å². The normalized spacial score (nSPS) is 12.2. The third-order valence-corrected chi connectivity index (χ3v) is 2.90. The summed E-state index contributed by atoms with van der Waals surface area (Å²) in [6.07, 6.45) is 1.73. The van der Waals surface area contributed by atoms with Crippen LogP contribution in [0.15, 0.2) is 30.5 Å². The summed E-state index contributed by atoms with van der Waals surface area (Å²) in [5, 5.41) is 19.6. The summed E-state index contributed by atoms with van der Waals surface area (Å²) in [7, 11) is 0. The molecule has 102 valence electrons. The molecule has 5 heteroatoms. The molecule has 0 bridgehead atoms. The Balaban J connectivity index is 2.12. The van der Waals surface area contributed by atoms with E-state index in [1.54, 1.807) is 6.20 Å². The fourth-order valence-corrected chi connectivity index (χ4v) is 1.92. The number of hydrogen-bond acceptors (Lipinski definition) is 4. The molecule has 5 nitrogen and oxygen atoms in total. The van der Waals surface area contributed by atoms with Crippen LogP contribution >= 0.6 is 0 Å². The zero-order chi connectivity index (χ0) is 13.7. The van der Waals surface area contributed by atoms with Gasteiger partial charge in [0, 0.05) is 17.4 Å². The summed E-state index contributed by atoms with van der Waals surface area (Å²) in [6.45, 7) is 4.52. The largest absolute Gasteiger partial charge is 0.494 e. The van der Waals surface area contributed by atoms with Gasteiger partial charge in [0.2, 0.25) is 0 Å². The predicted molar refractivity (Wildman–Crippen MR) is 74.2 cm³/mol. The molecule has 2 aromatic rings. The molecule has 0 aliphatic carbocycles. The third-order valence-electron chi connectivity index (χ3n) is 2.90. The van der Waals surface area contributed by atoms with Crippen LogP contribution < -0.4 is 10.1 Å². The second-order valence-electron chi connectivity index (χ2n) is 4.29. The maximum atomic E-state index is 9.36. The number of nitrogens with one attached hydrogen (secondary N) is 2. The molecule has 0 radical (unpaired) electrons. The summed E-state index contributed by atoms with van der Waals surface area (Å²) in [4.78, 5) is 0.